The van der Waals surface area contributed by atoms with Crippen molar-refractivity contribution in [3.63, 3.8) is 0 Å². The fourth-order valence-electron chi connectivity index (χ4n) is 0.995. The topological polar surface area (TPSA) is 49.8 Å². The first kappa shape index (κ1) is 10.7. The molecule has 1 aromatic rings. The summed E-state index contributed by atoms with van der Waals surface area (Å²) in [5.41, 5.74) is 1.02. The molecule has 0 aliphatic carbocycles. The highest BCUT2D eigenvalue weighted by Gasteiger charge is 2.03. The molecule has 0 heterocycles. The fraction of sp³-hybridized carbons (Fsp3) is 0.300. The summed E-state index contributed by atoms with van der Waals surface area (Å²) in [4.78, 5) is 15.5. The Balaban J connectivity index is 2.30. The molecule has 0 atom stereocenters. The number of aliphatic carboxylic acids is 1. The van der Waals surface area contributed by atoms with Crippen LogP contribution in [0.3, 0.4) is 0 Å². The van der Waals surface area contributed by atoms with Crippen LogP contribution in [0, 0.1) is 0 Å². The molecule has 0 spiro atoms. The van der Waals surface area contributed by atoms with E-state index in [9.17, 15) is 4.79 Å². The molecule has 4 nitrogen and oxygen atoms in total. The number of benzene rings is 1. The van der Waals surface area contributed by atoms with E-state index in [-0.39, 0.29) is 6.54 Å². The van der Waals surface area contributed by atoms with Gasteiger partial charge in [-0.1, -0.05) is 30.3 Å². The van der Waals surface area contributed by atoms with Crippen molar-refractivity contribution in [3.05, 3.63) is 35.9 Å². The number of rotatable bonds is 5. The van der Waals surface area contributed by atoms with Crippen LogP contribution in [0.5, 0.6) is 0 Å². The van der Waals surface area contributed by atoms with Crippen molar-refractivity contribution < 1.29 is 14.7 Å². The van der Waals surface area contributed by atoms with Gasteiger partial charge in [-0.05, 0) is 5.56 Å². The number of hydrogen-bond acceptors (Lipinski definition) is 3. The van der Waals surface area contributed by atoms with E-state index in [2.05, 4.69) is 0 Å². The Kier molecular flexibility index (Phi) is 4.10. The monoisotopic (exact) mass is 195 g/mol. The van der Waals surface area contributed by atoms with Gasteiger partial charge in [0, 0.05) is 7.05 Å². The lowest BCUT2D eigenvalue weighted by atomic mass is 10.2. The molecular weight excluding hydrogens is 182 g/mol. The van der Waals surface area contributed by atoms with Gasteiger partial charge in [-0.3, -0.25) is 9.63 Å². The number of carboxylic acid groups (broad SMARTS) is 1. The van der Waals surface area contributed by atoms with E-state index in [0.29, 0.717) is 6.61 Å². The zero-order valence-corrected chi connectivity index (χ0v) is 8.01. The molecule has 0 aliphatic rings. The zero-order valence-electron chi connectivity index (χ0n) is 8.01. The quantitative estimate of drug-likeness (QED) is 0.716. The second-order valence-corrected chi connectivity index (χ2v) is 2.94. The van der Waals surface area contributed by atoms with Crippen LogP contribution in [0.1, 0.15) is 5.56 Å². The maximum atomic E-state index is 10.3. The molecule has 0 radical (unpaired) electrons. The number of carboxylic acids is 1. The maximum absolute atomic E-state index is 10.3. The first-order valence-electron chi connectivity index (χ1n) is 4.28. The predicted molar refractivity (Wildman–Crippen MR) is 51.5 cm³/mol. The van der Waals surface area contributed by atoms with Gasteiger partial charge in [0.05, 0.1) is 6.61 Å². The predicted octanol–water partition coefficient (Wildman–Crippen LogP) is 1.13. The number of carbonyl (C=O) groups is 1. The smallest absolute Gasteiger partial charge is 0.320 e. The highest BCUT2D eigenvalue weighted by molar-refractivity contribution is 5.68. The van der Waals surface area contributed by atoms with Gasteiger partial charge in [-0.25, -0.2) is 0 Å². The zero-order chi connectivity index (χ0) is 10.4. The molecule has 0 fully saturated rings. The van der Waals surface area contributed by atoms with E-state index < -0.39 is 5.97 Å². The van der Waals surface area contributed by atoms with Crippen molar-refractivity contribution in [2.45, 2.75) is 6.61 Å². The van der Waals surface area contributed by atoms with Gasteiger partial charge in [0.15, 0.2) is 0 Å². The second kappa shape index (κ2) is 5.36. The van der Waals surface area contributed by atoms with Crippen LogP contribution >= 0.6 is 0 Å². The second-order valence-electron chi connectivity index (χ2n) is 2.94. The third-order valence-electron chi connectivity index (χ3n) is 1.65. The minimum atomic E-state index is -0.902. The maximum Gasteiger partial charge on any atom is 0.320 e. The van der Waals surface area contributed by atoms with E-state index in [1.807, 2.05) is 30.3 Å². The van der Waals surface area contributed by atoms with Crippen molar-refractivity contribution in [2.75, 3.05) is 13.6 Å². The Labute approximate surface area is 82.7 Å². The minimum absolute atomic E-state index is 0.118. The SMILES string of the molecule is CN(CC(=O)O)OCc1ccccc1. The number of hydroxylamine groups is 2. The van der Waals surface area contributed by atoms with Gasteiger partial charge in [-0.2, -0.15) is 5.06 Å². The van der Waals surface area contributed by atoms with Crippen molar-refractivity contribution in [2.24, 2.45) is 0 Å². The van der Waals surface area contributed by atoms with E-state index in [1.54, 1.807) is 7.05 Å². The fourth-order valence-corrected chi connectivity index (χ4v) is 0.995. The molecule has 14 heavy (non-hydrogen) atoms. The first-order chi connectivity index (χ1) is 6.68. The number of nitrogens with zero attached hydrogens (tertiary/aromatic N) is 1. The minimum Gasteiger partial charge on any atom is -0.480 e. The highest BCUT2D eigenvalue weighted by atomic mass is 16.7. The third kappa shape index (κ3) is 4.02. The Morgan fingerprint density at radius 3 is 2.64 bits per heavy atom. The van der Waals surface area contributed by atoms with Crippen LogP contribution in [0.4, 0.5) is 0 Å². The largest absolute Gasteiger partial charge is 0.480 e. The number of likely N-dealkylation sites (N-methyl/N-ethyl adjacent to an activating group) is 1. The molecule has 0 aromatic heterocycles. The molecule has 0 unspecified atom stereocenters. The molecule has 1 aromatic carbocycles. The molecule has 4 heteroatoms. The summed E-state index contributed by atoms with van der Waals surface area (Å²) in [6, 6.07) is 9.60. The normalized spacial score (nSPS) is 10.4. The Hall–Kier alpha value is -1.39. The standard InChI is InChI=1S/C10H13NO3/c1-11(7-10(12)13)14-8-9-5-3-2-4-6-9/h2-6H,7-8H2,1H3,(H,12,13). The summed E-state index contributed by atoms with van der Waals surface area (Å²) >= 11 is 0. The third-order valence-corrected chi connectivity index (χ3v) is 1.65. The Morgan fingerprint density at radius 1 is 1.43 bits per heavy atom. The van der Waals surface area contributed by atoms with Crippen LogP contribution in [-0.4, -0.2) is 29.7 Å². The molecule has 0 aliphatic heterocycles. The van der Waals surface area contributed by atoms with Crippen molar-refractivity contribution in [1.82, 2.24) is 5.06 Å². The van der Waals surface area contributed by atoms with Crippen LogP contribution in [-0.2, 0) is 16.2 Å². The molecule has 0 saturated carbocycles. The molecular formula is C10H13NO3. The average Bonchev–Trinajstić information content (AvgIpc) is 2.15. The molecule has 0 bridgehead atoms. The van der Waals surface area contributed by atoms with Gasteiger partial charge < -0.3 is 5.11 Å². The van der Waals surface area contributed by atoms with Crippen LogP contribution in [0.2, 0.25) is 0 Å². The van der Waals surface area contributed by atoms with Crippen LogP contribution in [0.25, 0.3) is 0 Å². The molecule has 76 valence electrons. The first-order valence-corrected chi connectivity index (χ1v) is 4.28. The number of hydrogen-bond donors (Lipinski definition) is 1. The molecule has 1 rings (SSSR count). The van der Waals surface area contributed by atoms with E-state index >= 15 is 0 Å². The van der Waals surface area contributed by atoms with E-state index in [1.165, 1.54) is 5.06 Å². The van der Waals surface area contributed by atoms with Gasteiger partial charge in [0.2, 0.25) is 0 Å². The summed E-state index contributed by atoms with van der Waals surface area (Å²) < 4.78 is 0. The van der Waals surface area contributed by atoms with Gasteiger partial charge in [0.1, 0.15) is 6.54 Å². The lowest BCUT2D eigenvalue weighted by Crippen LogP contribution is -2.25. The van der Waals surface area contributed by atoms with Gasteiger partial charge in [-0.15, -0.1) is 0 Å². The summed E-state index contributed by atoms with van der Waals surface area (Å²) in [6.45, 7) is 0.275. The van der Waals surface area contributed by atoms with Crippen LogP contribution in [0.15, 0.2) is 30.3 Å². The summed E-state index contributed by atoms with van der Waals surface area (Å²) in [7, 11) is 1.59. The summed E-state index contributed by atoms with van der Waals surface area (Å²) in [6.07, 6.45) is 0. The van der Waals surface area contributed by atoms with E-state index in [0.717, 1.165) is 5.56 Å². The molecule has 0 saturated heterocycles. The molecule has 0 amide bonds. The lowest BCUT2D eigenvalue weighted by Gasteiger charge is -2.13. The van der Waals surface area contributed by atoms with Crippen molar-refractivity contribution in [1.29, 1.82) is 0 Å². The highest BCUT2D eigenvalue weighted by Crippen LogP contribution is 2.01. The summed E-state index contributed by atoms with van der Waals surface area (Å²) in [5.74, 6) is -0.902. The van der Waals surface area contributed by atoms with Crippen LogP contribution < -0.4 is 0 Å². The summed E-state index contributed by atoms with van der Waals surface area (Å²) in [5, 5.41) is 9.76. The van der Waals surface area contributed by atoms with Crippen molar-refractivity contribution in [3.8, 4) is 0 Å². The molecule has 1 N–H and O–H groups in total. The van der Waals surface area contributed by atoms with Crippen molar-refractivity contribution >= 4 is 5.97 Å². The lowest BCUT2D eigenvalue weighted by molar-refractivity contribution is -0.171. The average molecular weight is 195 g/mol. The Morgan fingerprint density at radius 2 is 2.07 bits per heavy atom. The van der Waals surface area contributed by atoms with Gasteiger partial charge >= 0.3 is 5.97 Å². The van der Waals surface area contributed by atoms with Gasteiger partial charge in [0.25, 0.3) is 0 Å². The Bertz CT molecular complexity index is 287. The van der Waals surface area contributed by atoms with E-state index in [4.69, 9.17) is 9.94 Å².